The van der Waals surface area contributed by atoms with E-state index >= 15 is 0 Å². The van der Waals surface area contributed by atoms with Gasteiger partial charge in [0.25, 0.3) is 0 Å². The Morgan fingerprint density at radius 1 is 1.15 bits per heavy atom. The molecule has 0 heterocycles. The maximum absolute atomic E-state index is 12.6. The van der Waals surface area contributed by atoms with Gasteiger partial charge < -0.3 is 5.32 Å². The molecule has 1 aromatic rings. The van der Waals surface area contributed by atoms with Crippen LogP contribution in [-0.2, 0) is 4.79 Å². The fourth-order valence-corrected chi connectivity index (χ4v) is 3.16. The van der Waals surface area contributed by atoms with Crippen LogP contribution in [0.15, 0.2) is 12.1 Å². The summed E-state index contributed by atoms with van der Waals surface area (Å²) in [5.74, 6) is -0.130. The van der Waals surface area contributed by atoms with Crippen LogP contribution in [0.4, 0.5) is 5.69 Å². The number of hydrogen-bond acceptors (Lipinski definition) is 2. The van der Waals surface area contributed by atoms with Crippen LogP contribution in [0.25, 0.3) is 0 Å². The van der Waals surface area contributed by atoms with Gasteiger partial charge in [0.15, 0.2) is 0 Å². The Kier molecular flexibility index (Phi) is 4.13. The van der Waals surface area contributed by atoms with Crippen molar-refractivity contribution in [3.8, 4) is 6.07 Å². The predicted octanol–water partition coefficient (Wildman–Crippen LogP) is 4.02. The summed E-state index contributed by atoms with van der Waals surface area (Å²) in [5.41, 5.74) is 3.33. The second-order valence-corrected chi connectivity index (χ2v) is 5.98. The molecule has 1 fully saturated rings. The van der Waals surface area contributed by atoms with Crippen LogP contribution >= 0.6 is 0 Å². The fourth-order valence-electron chi connectivity index (χ4n) is 3.16. The van der Waals surface area contributed by atoms with Crippen LogP contribution in [0.1, 0.15) is 48.8 Å². The second kappa shape index (κ2) is 5.66. The van der Waals surface area contributed by atoms with Gasteiger partial charge in [0.2, 0.25) is 5.91 Å². The third kappa shape index (κ3) is 2.70. The highest BCUT2D eigenvalue weighted by atomic mass is 16.2. The third-order valence-corrected chi connectivity index (χ3v) is 4.27. The van der Waals surface area contributed by atoms with Crippen molar-refractivity contribution in [1.82, 2.24) is 0 Å². The molecule has 0 aliphatic heterocycles. The summed E-state index contributed by atoms with van der Waals surface area (Å²) in [7, 11) is 0. The highest BCUT2D eigenvalue weighted by Crippen LogP contribution is 2.37. The molecule has 0 aromatic heterocycles. The van der Waals surface area contributed by atoms with Crippen molar-refractivity contribution in [3.63, 3.8) is 0 Å². The molecule has 1 aliphatic carbocycles. The Bertz CT molecular complexity index is 540. The first-order valence-corrected chi connectivity index (χ1v) is 7.29. The van der Waals surface area contributed by atoms with Crippen LogP contribution in [0.2, 0.25) is 0 Å². The van der Waals surface area contributed by atoms with Gasteiger partial charge in [-0.25, -0.2) is 0 Å². The fraction of sp³-hybridized carbons (Fsp3) is 0.529. The monoisotopic (exact) mass is 270 g/mol. The summed E-state index contributed by atoms with van der Waals surface area (Å²) in [6, 6.07) is 6.39. The van der Waals surface area contributed by atoms with Crippen LogP contribution < -0.4 is 5.32 Å². The van der Waals surface area contributed by atoms with Crippen LogP contribution in [0.5, 0.6) is 0 Å². The molecule has 3 nitrogen and oxygen atoms in total. The number of aryl methyl sites for hydroxylation is 3. The molecule has 2 rings (SSSR count). The Morgan fingerprint density at radius 2 is 1.70 bits per heavy atom. The lowest BCUT2D eigenvalue weighted by atomic mass is 9.74. The zero-order chi connectivity index (χ0) is 14.8. The maximum atomic E-state index is 12.6. The van der Waals surface area contributed by atoms with E-state index < -0.39 is 5.41 Å². The Morgan fingerprint density at radius 3 is 2.20 bits per heavy atom. The van der Waals surface area contributed by atoms with Crippen molar-refractivity contribution >= 4 is 11.6 Å². The third-order valence-electron chi connectivity index (χ3n) is 4.27. The summed E-state index contributed by atoms with van der Waals surface area (Å²) >= 11 is 0. The van der Waals surface area contributed by atoms with Crippen molar-refractivity contribution in [2.45, 2.75) is 52.9 Å². The summed E-state index contributed by atoms with van der Waals surface area (Å²) in [6.45, 7) is 6.04. The van der Waals surface area contributed by atoms with Gasteiger partial charge in [-0.05, 0) is 44.7 Å². The summed E-state index contributed by atoms with van der Waals surface area (Å²) in [5, 5.41) is 12.5. The summed E-state index contributed by atoms with van der Waals surface area (Å²) in [4.78, 5) is 12.6. The number of hydrogen-bond donors (Lipinski definition) is 1. The van der Waals surface area contributed by atoms with Crippen molar-refractivity contribution < 1.29 is 4.79 Å². The lowest BCUT2D eigenvalue weighted by Crippen LogP contribution is -2.37. The van der Waals surface area contributed by atoms with Gasteiger partial charge in [-0.15, -0.1) is 0 Å². The summed E-state index contributed by atoms with van der Waals surface area (Å²) < 4.78 is 0. The van der Waals surface area contributed by atoms with Gasteiger partial charge >= 0.3 is 0 Å². The SMILES string of the molecule is Cc1cc(C)c(NC(=O)C2(C#N)CCCCC2)c(C)c1. The van der Waals surface area contributed by atoms with E-state index in [1.807, 2.05) is 20.8 Å². The molecule has 0 radical (unpaired) electrons. The molecule has 0 bridgehead atoms. The van der Waals surface area contributed by atoms with Crippen LogP contribution in [-0.4, -0.2) is 5.91 Å². The highest BCUT2D eigenvalue weighted by molar-refractivity contribution is 5.98. The zero-order valence-electron chi connectivity index (χ0n) is 12.5. The van der Waals surface area contributed by atoms with Crippen molar-refractivity contribution in [1.29, 1.82) is 5.26 Å². The number of anilines is 1. The minimum Gasteiger partial charge on any atom is -0.324 e. The molecule has 20 heavy (non-hydrogen) atoms. The number of nitrogens with one attached hydrogen (secondary N) is 1. The molecular weight excluding hydrogens is 248 g/mol. The first-order chi connectivity index (χ1) is 9.48. The number of rotatable bonds is 2. The quantitative estimate of drug-likeness (QED) is 0.882. The molecule has 0 atom stereocenters. The van der Waals surface area contributed by atoms with E-state index in [1.54, 1.807) is 0 Å². The van der Waals surface area contributed by atoms with Gasteiger partial charge in [-0.1, -0.05) is 37.0 Å². The average Bonchev–Trinajstić information content (AvgIpc) is 2.43. The van der Waals surface area contributed by atoms with Crippen molar-refractivity contribution in [2.24, 2.45) is 5.41 Å². The molecule has 0 saturated heterocycles. The van der Waals surface area contributed by atoms with E-state index in [2.05, 4.69) is 23.5 Å². The van der Waals surface area contributed by atoms with Gasteiger partial charge in [-0.3, -0.25) is 4.79 Å². The maximum Gasteiger partial charge on any atom is 0.244 e. The number of carbonyl (C=O) groups excluding carboxylic acids is 1. The first kappa shape index (κ1) is 14.6. The molecule has 1 saturated carbocycles. The molecule has 3 heteroatoms. The highest BCUT2D eigenvalue weighted by Gasteiger charge is 2.40. The largest absolute Gasteiger partial charge is 0.324 e. The number of amides is 1. The molecule has 1 aromatic carbocycles. The molecule has 1 amide bonds. The van der Waals surface area contributed by atoms with E-state index in [0.29, 0.717) is 12.8 Å². The lowest BCUT2D eigenvalue weighted by Gasteiger charge is -2.29. The Hall–Kier alpha value is -1.82. The molecule has 1 N–H and O–H groups in total. The molecular formula is C17H22N2O. The van der Waals surface area contributed by atoms with Crippen LogP contribution in [0, 0.1) is 37.5 Å². The van der Waals surface area contributed by atoms with E-state index in [4.69, 9.17) is 0 Å². The zero-order valence-corrected chi connectivity index (χ0v) is 12.5. The van der Waals surface area contributed by atoms with E-state index in [-0.39, 0.29) is 5.91 Å². The lowest BCUT2D eigenvalue weighted by molar-refractivity contribution is -0.124. The van der Waals surface area contributed by atoms with Gasteiger partial charge in [-0.2, -0.15) is 5.26 Å². The molecule has 0 spiro atoms. The topological polar surface area (TPSA) is 52.9 Å². The number of benzene rings is 1. The molecule has 106 valence electrons. The minimum atomic E-state index is -0.831. The first-order valence-electron chi connectivity index (χ1n) is 7.29. The Labute approximate surface area is 121 Å². The van der Waals surface area contributed by atoms with Crippen LogP contribution in [0.3, 0.4) is 0 Å². The summed E-state index contributed by atoms with van der Waals surface area (Å²) in [6.07, 6.45) is 4.41. The average molecular weight is 270 g/mol. The van der Waals surface area contributed by atoms with E-state index in [0.717, 1.165) is 36.1 Å². The van der Waals surface area contributed by atoms with E-state index in [1.165, 1.54) is 5.56 Å². The van der Waals surface area contributed by atoms with Crippen molar-refractivity contribution in [3.05, 3.63) is 28.8 Å². The molecule has 1 aliphatic rings. The minimum absolute atomic E-state index is 0.130. The second-order valence-electron chi connectivity index (χ2n) is 5.98. The number of nitrogens with zero attached hydrogens (tertiary/aromatic N) is 1. The predicted molar refractivity (Wildman–Crippen MR) is 80.4 cm³/mol. The van der Waals surface area contributed by atoms with Crippen molar-refractivity contribution in [2.75, 3.05) is 5.32 Å². The molecule has 0 unspecified atom stereocenters. The standard InChI is InChI=1S/C17H22N2O/c1-12-9-13(2)15(14(3)10-12)19-16(20)17(11-18)7-5-4-6-8-17/h9-10H,4-8H2,1-3H3,(H,19,20). The number of carbonyl (C=O) groups is 1. The Balaban J connectivity index is 2.26. The van der Waals surface area contributed by atoms with Gasteiger partial charge in [0.05, 0.1) is 6.07 Å². The van der Waals surface area contributed by atoms with Gasteiger partial charge in [0, 0.05) is 5.69 Å². The normalized spacial score (nSPS) is 17.3. The number of nitriles is 1. The van der Waals surface area contributed by atoms with Gasteiger partial charge in [0.1, 0.15) is 5.41 Å². The van der Waals surface area contributed by atoms with E-state index in [9.17, 15) is 10.1 Å². The smallest absolute Gasteiger partial charge is 0.244 e.